The highest BCUT2D eigenvalue weighted by Gasteiger charge is 2.24. The first-order chi connectivity index (χ1) is 9.97. The summed E-state index contributed by atoms with van der Waals surface area (Å²) in [6.45, 7) is 2.02. The van der Waals surface area contributed by atoms with Gasteiger partial charge in [0, 0.05) is 31.6 Å². The van der Waals surface area contributed by atoms with Gasteiger partial charge in [0.1, 0.15) is 5.82 Å². The zero-order valence-corrected chi connectivity index (χ0v) is 11.9. The molecule has 2 rings (SSSR count). The number of hydrogen-bond acceptors (Lipinski definition) is 3. The maximum Gasteiger partial charge on any atom is 0.227 e. The molecular weight excluding hydrogens is 275 g/mol. The molecule has 0 saturated heterocycles. The van der Waals surface area contributed by atoms with E-state index in [0.717, 1.165) is 5.56 Å². The van der Waals surface area contributed by atoms with Gasteiger partial charge in [0.2, 0.25) is 11.8 Å². The van der Waals surface area contributed by atoms with Crippen molar-refractivity contribution in [3.63, 3.8) is 0 Å². The Morgan fingerprint density at radius 3 is 2.95 bits per heavy atom. The molecule has 5 nitrogen and oxygen atoms in total. The minimum Gasteiger partial charge on any atom is -0.392 e. The number of amides is 2. The fourth-order valence-electron chi connectivity index (χ4n) is 2.34. The highest BCUT2D eigenvalue weighted by atomic mass is 19.1. The molecule has 1 heterocycles. The zero-order valence-electron chi connectivity index (χ0n) is 11.9. The van der Waals surface area contributed by atoms with Gasteiger partial charge >= 0.3 is 0 Å². The second-order valence-corrected chi connectivity index (χ2v) is 5.22. The third-order valence-electron chi connectivity index (χ3n) is 3.40. The largest absolute Gasteiger partial charge is 0.392 e. The Balaban J connectivity index is 2.00. The van der Waals surface area contributed by atoms with E-state index in [2.05, 4.69) is 5.32 Å². The number of halogens is 1. The van der Waals surface area contributed by atoms with Crippen LogP contribution in [0.15, 0.2) is 18.2 Å². The number of aryl methyl sites for hydroxylation is 1. The molecule has 0 radical (unpaired) electrons. The minimum absolute atomic E-state index is 0.0579. The average molecular weight is 294 g/mol. The van der Waals surface area contributed by atoms with Crippen molar-refractivity contribution in [1.29, 1.82) is 0 Å². The zero-order chi connectivity index (χ0) is 15.4. The highest BCUT2D eigenvalue weighted by molar-refractivity contribution is 5.97. The van der Waals surface area contributed by atoms with E-state index in [0.29, 0.717) is 18.5 Å². The number of nitrogens with one attached hydrogen (secondary N) is 1. The van der Waals surface area contributed by atoms with Crippen LogP contribution < -0.4 is 10.2 Å². The van der Waals surface area contributed by atoms with E-state index in [4.69, 9.17) is 5.11 Å². The van der Waals surface area contributed by atoms with Crippen LogP contribution in [0.25, 0.3) is 0 Å². The molecule has 0 aromatic heterocycles. The van der Waals surface area contributed by atoms with Crippen LogP contribution in [0.4, 0.5) is 10.1 Å². The maximum absolute atomic E-state index is 13.2. The number of nitrogens with zero attached hydrogens (tertiary/aromatic N) is 1. The van der Waals surface area contributed by atoms with Crippen molar-refractivity contribution in [3.8, 4) is 0 Å². The molecule has 1 atom stereocenters. The monoisotopic (exact) mass is 294 g/mol. The summed E-state index contributed by atoms with van der Waals surface area (Å²) in [5.41, 5.74) is 1.47. The maximum atomic E-state index is 13.2. The molecular formula is C15H19FN2O3. The van der Waals surface area contributed by atoms with Crippen molar-refractivity contribution < 1.29 is 19.1 Å². The lowest BCUT2D eigenvalue weighted by Gasteiger charge is -2.29. The number of carbonyl (C=O) groups is 2. The number of aliphatic hydroxyl groups excluding tert-OH is 1. The summed E-state index contributed by atoms with van der Waals surface area (Å²) in [6.07, 6.45) is 0.395. The van der Waals surface area contributed by atoms with Gasteiger partial charge in [-0.05, 0) is 37.1 Å². The van der Waals surface area contributed by atoms with E-state index in [1.807, 2.05) is 0 Å². The molecule has 0 fully saturated rings. The van der Waals surface area contributed by atoms with Crippen LogP contribution >= 0.6 is 0 Å². The van der Waals surface area contributed by atoms with Crippen molar-refractivity contribution >= 4 is 17.5 Å². The summed E-state index contributed by atoms with van der Waals surface area (Å²) < 4.78 is 13.2. The fraction of sp³-hybridized carbons (Fsp3) is 0.467. The van der Waals surface area contributed by atoms with Crippen molar-refractivity contribution in [1.82, 2.24) is 5.32 Å². The molecule has 114 valence electrons. The van der Waals surface area contributed by atoms with E-state index < -0.39 is 6.10 Å². The van der Waals surface area contributed by atoms with Crippen LogP contribution in [0.1, 0.15) is 25.3 Å². The third-order valence-corrected chi connectivity index (χ3v) is 3.40. The summed E-state index contributed by atoms with van der Waals surface area (Å²) in [5.74, 6) is -0.604. The molecule has 2 N–H and O–H groups in total. The van der Waals surface area contributed by atoms with Crippen LogP contribution in [0.5, 0.6) is 0 Å². The molecule has 6 heteroatoms. The van der Waals surface area contributed by atoms with Crippen LogP contribution in [0.3, 0.4) is 0 Å². The van der Waals surface area contributed by atoms with Crippen LogP contribution in [-0.2, 0) is 16.0 Å². The lowest BCUT2D eigenvalue weighted by Crippen LogP contribution is -2.39. The van der Waals surface area contributed by atoms with Gasteiger partial charge in [-0.25, -0.2) is 4.39 Å². The van der Waals surface area contributed by atoms with E-state index >= 15 is 0 Å². The summed E-state index contributed by atoms with van der Waals surface area (Å²) >= 11 is 0. The van der Waals surface area contributed by atoms with Crippen molar-refractivity contribution in [2.24, 2.45) is 0 Å². The number of rotatable bonds is 5. The number of benzene rings is 1. The Hall–Kier alpha value is -1.95. The summed E-state index contributed by atoms with van der Waals surface area (Å²) in [4.78, 5) is 25.2. The first-order valence-electron chi connectivity index (χ1n) is 7.01. The quantitative estimate of drug-likeness (QED) is 0.851. The van der Waals surface area contributed by atoms with E-state index in [-0.39, 0.29) is 37.1 Å². The van der Waals surface area contributed by atoms with Gasteiger partial charge in [0.25, 0.3) is 0 Å². The predicted octanol–water partition coefficient (Wildman–Crippen LogP) is 0.992. The topological polar surface area (TPSA) is 69.6 Å². The van der Waals surface area contributed by atoms with E-state index in [1.54, 1.807) is 13.0 Å². The van der Waals surface area contributed by atoms with Gasteiger partial charge in [-0.1, -0.05) is 0 Å². The average Bonchev–Trinajstić information content (AvgIpc) is 2.44. The minimum atomic E-state index is -0.603. The van der Waals surface area contributed by atoms with Crippen molar-refractivity contribution in [2.75, 3.05) is 18.0 Å². The molecule has 1 aliphatic heterocycles. The molecule has 0 aliphatic carbocycles. The second-order valence-electron chi connectivity index (χ2n) is 5.22. The van der Waals surface area contributed by atoms with Gasteiger partial charge < -0.3 is 15.3 Å². The molecule has 1 aliphatic rings. The fourth-order valence-corrected chi connectivity index (χ4v) is 2.34. The highest BCUT2D eigenvalue weighted by Crippen LogP contribution is 2.28. The van der Waals surface area contributed by atoms with E-state index in [9.17, 15) is 14.0 Å². The molecule has 2 amide bonds. The van der Waals surface area contributed by atoms with Gasteiger partial charge in [0.15, 0.2) is 0 Å². The molecule has 1 unspecified atom stereocenters. The van der Waals surface area contributed by atoms with Crippen molar-refractivity contribution in [2.45, 2.75) is 32.3 Å². The van der Waals surface area contributed by atoms with Gasteiger partial charge in [-0.3, -0.25) is 9.59 Å². The Bertz CT molecular complexity index is 546. The third kappa shape index (κ3) is 4.01. The number of aliphatic hydroxyl groups is 1. The Labute approximate surface area is 122 Å². The van der Waals surface area contributed by atoms with Crippen LogP contribution in [0, 0.1) is 5.82 Å². The van der Waals surface area contributed by atoms with Gasteiger partial charge in [-0.15, -0.1) is 0 Å². The molecule has 21 heavy (non-hydrogen) atoms. The summed E-state index contributed by atoms with van der Waals surface area (Å²) in [7, 11) is 0. The molecule has 1 aromatic rings. The van der Waals surface area contributed by atoms with Crippen LogP contribution in [0.2, 0.25) is 0 Å². The Morgan fingerprint density at radius 1 is 1.48 bits per heavy atom. The lowest BCUT2D eigenvalue weighted by molar-refractivity contribution is -0.121. The lowest BCUT2D eigenvalue weighted by atomic mass is 10.0. The SMILES string of the molecule is CC(O)CNC(=O)CCN1C(=O)CCc2cc(F)ccc21. The first kappa shape index (κ1) is 15.4. The Kier molecular flexibility index (Phi) is 4.90. The Morgan fingerprint density at radius 2 is 2.24 bits per heavy atom. The second kappa shape index (κ2) is 6.67. The van der Waals surface area contributed by atoms with Crippen LogP contribution in [-0.4, -0.2) is 36.1 Å². The smallest absolute Gasteiger partial charge is 0.227 e. The molecule has 0 bridgehead atoms. The standard InChI is InChI=1S/C15H19FN2O3/c1-10(19)9-17-14(20)6-7-18-13-4-3-12(16)8-11(13)2-5-15(18)21/h3-4,8,10,19H,2,5-7,9H2,1H3,(H,17,20). The number of carbonyl (C=O) groups excluding carboxylic acids is 2. The van der Waals surface area contributed by atoms with Gasteiger partial charge in [-0.2, -0.15) is 0 Å². The predicted molar refractivity (Wildman–Crippen MR) is 76.4 cm³/mol. The number of hydrogen-bond donors (Lipinski definition) is 2. The summed E-state index contributed by atoms with van der Waals surface area (Å²) in [6, 6.07) is 4.33. The van der Waals surface area contributed by atoms with Gasteiger partial charge in [0.05, 0.1) is 6.10 Å². The summed E-state index contributed by atoms with van der Waals surface area (Å²) in [5, 5.41) is 11.7. The molecule has 0 spiro atoms. The first-order valence-corrected chi connectivity index (χ1v) is 7.01. The molecule has 1 aromatic carbocycles. The number of fused-ring (bicyclic) bond motifs is 1. The van der Waals surface area contributed by atoms with Crippen molar-refractivity contribution in [3.05, 3.63) is 29.6 Å². The molecule has 0 saturated carbocycles. The van der Waals surface area contributed by atoms with E-state index in [1.165, 1.54) is 17.0 Å². The number of anilines is 1. The normalized spacial score (nSPS) is 15.6.